The molecule has 2 heterocycles. The number of esters is 1. The van der Waals surface area contributed by atoms with Crippen LogP contribution in [0.4, 0.5) is 0 Å². The van der Waals surface area contributed by atoms with Crippen LogP contribution in [-0.4, -0.2) is 34.1 Å². The van der Waals surface area contributed by atoms with Gasteiger partial charge in [-0.05, 0) is 29.7 Å². The number of rotatable bonds is 3. The SMILES string of the molecule is COC(=O)C1Cc2ccc(O)cc2CN1Cc1ncc(Cl)s1. The van der Waals surface area contributed by atoms with Crippen molar-refractivity contribution in [3.05, 3.63) is 44.9 Å². The van der Waals surface area contributed by atoms with E-state index in [1.807, 2.05) is 11.0 Å². The van der Waals surface area contributed by atoms with Crippen LogP contribution in [0.15, 0.2) is 24.4 Å². The number of hydrogen-bond acceptors (Lipinski definition) is 6. The van der Waals surface area contributed by atoms with Gasteiger partial charge in [-0.1, -0.05) is 17.7 Å². The zero-order valence-corrected chi connectivity index (χ0v) is 13.5. The molecule has 0 fully saturated rings. The van der Waals surface area contributed by atoms with E-state index in [1.165, 1.54) is 18.4 Å². The average molecular weight is 339 g/mol. The Balaban J connectivity index is 1.89. The van der Waals surface area contributed by atoms with E-state index < -0.39 is 0 Å². The highest BCUT2D eigenvalue weighted by Crippen LogP contribution is 2.29. The van der Waals surface area contributed by atoms with Crippen molar-refractivity contribution in [1.29, 1.82) is 0 Å². The molecule has 0 spiro atoms. The number of nitrogens with zero attached hydrogens (tertiary/aromatic N) is 2. The largest absolute Gasteiger partial charge is 0.508 e. The highest BCUT2D eigenvalue weighted by Gasteiger charge is 2.32. The second-order valence-electron chi connectivity index (χ2n) is 5.16. The first kappa shape index (κ1) is 15.3. The molecule has 7 heteroatoms. The molecule has 0 saturated carbocycles. The Morgan fingerprint density at radius 1 is 1.55 bits per heavy atom. The summed E-state index contributed by atoms with van der Waals surface area (Å²) >= 11 is 7.32. The molecule has 1 unspecified atom stereocenters. The predicted octanol–water partition coefficient (Wildman–Crippen LogP) is 2.60. The molecule has 0 radical (unpaired) electrons. The molecule has 0 saturated heterocycles. The van der Waals surface area contributed by atoms with E-state index in [0.29, 0.717) is 23.8 Å². The third-order valence-corrected chi connectivity index (χ3v) is 4.85. The van der Waals surface area contributed by atoms with E-state index in [1.54, 1.807) is 18.3 Å². The van der Waals surface area contributed by atoms with Gasteiger partial charge in [0.1, 0.15) is 21.1 Å². The van der Waals surface area contributed by atoms with Crippen LogP contribution in [0.5, 0.6) is 5.75 Å². The summed E-state index contributed by atoms with van der Waals surface area (Å²) in [5, 5.41) is 10.5. The third kappa shape index (κ3) is 3.09. The number of carbonyl (C=O) groups is 1. The normalized spacial score (nSPS) is 18.0. The van der Waals surface area contributed by atoms with Crippen LogP contribution in [0.2, 0.25) is 4.34 Å². The summed E-state index contributed by atoms with van der Waals surface area (Å²) in [6.45, 7) is 1.08. The Hall–Kier alpha value is -1.63. The lowest BCUT2D eigenvalue weighted by Gasteiger charge is -2.34. The van der Waals surface area contributed by atoms with Crippen molar-refractivity contribution in [2.24, 2.45) is 0 Å². The fourth-order valence-corrected chi connectivity index (χ4v) is 3.68. The van der Waals surface area contributed by atoms with E-state index in [9.17, 15) is 9.90 Å². The highest BCUT2D eigenvalue weighted by atomic mass is 35.5. The Morgan fingerprint density at radius 3 is 3.05 bits per heavy atom. The number of benzene rings is 1. The molecule has 0 amide bonds. The fourth-order valence-electron chi connectivity index (χ4n) is 2.69. The van der Waals surface area contributed by atoms with Crippen LogP contribution >= 0.6 is 22.9 Å². The second kappa shape index (κ2) is 6.24. The number of aromatic nitrogens is 1. The summed E-state index contributed by atoms with van der Waals surface area (Å²) < 4.78 is 5.55. The lowest BCUT2D eigenvalue weighted by molar-refractivity contribution is -0.147. The zero-order chi connectivity index (χ0) is 15.7. The van der Waals surface area contributed by atoms with E-state index in [0.717, 1.165) is 16.1 Å². The molecule has 1 aromatic carbocycles. The van der Waals surface area contributed by atoms with Crippen LogP contribution in [0.3, 0.4) is 0 Å². The second-order valence-corrected chi connectivity index (χ2v) is 6.91. The maximum absolute atomic E-state index is 12.1. The first-order chi connectivity index (χ1) is 10.6. The Labute approximate surface area is 137 Å². The van der Waals surface area contributed by atoms with E-state index >= 15 is 0 Å². The monoisotopic (exact) mass is 338 g/mol. The minimum Gasteiger partial charge on any atom is -0.508 e. The van der Waals surface area contributed by atoms with Gasteiger partial charge in [-0.2, -0.15) is 0 Å². The molecule has 1 aliphatic heterocycles. The first-order valence-corrected chi connectivity index (χ1v) is 7.99. The number of thiazole rings is 1. The minimum atomic E-state index is -0.357. The van der Waals surface area contributed by atoms with Gasteiger partial charge < -0.3 is 9.84 Å². The van der Waals surface area contributed by atoms with Crippen LogP contribution in [0.25, 0.3) is 0 Å². The van der Waals surface area contributed by atoms with Crippen LogP contribution in [-0.2, 0) is 29.0 Å². The number of fused-ring (bicyclic) bond motifs is 1. The van der Waals surface area contributed by atoms with Crippen molar-refractivity contribution in [2.45, 2.75) is 25.6 Å². The number of carbonyl (C=O) groups excluding carboxylic acids is 1. The molecule has 1 aromatic heterocycles. The van der Waals surface area contributed by atoms with E-state index in [4.69, 9.17) is 16.3 Å². The highest BCUT2D eigenvalue weighted by molar-refractivity contribution is 7.15. The van der Waals surface area contributed by atoms with Crippen molar-refractivity contribution >= 4 is 28.9 Å². The molecule has 3 rings (SSSR count). The van der Waals surface area contributed by atoms with Crippen molar-refractivity contribution in [3.8, 4) is 5.75 Å². The lowest BCUT2D eigenvalue weighted by Crippen LogP contribution is -2.45. The van der Waals surface area contributed by atoms with Crippen molar-refractivity contribution < 1.29 is 14.6 Å². The van der Waals surface area contributed by atoms with Gasteiger partial charge >= 0.3 is 5.97 Å². The van der Waals surface area contributed by atoms with Gasteiger partial charge in [0.15, 0.2) is 0 Å². The smallest absolute Gasteiger partial charge is 0.323 e. The topological polar surface area (TPSA) is 62.7 Å². The molecule has 5 nitrogen and oxygen atoms in total. The molecule has 1 N–H and O–H groups in total. The molecule has 1 atom stereocenters. The Bertz CT molecular complexity index is 704. The molecule has 22 heavy (non-hydrogen) atoms. The number of phenolic OH excluding ortho intramolecular Hbond substituents is 1. The number of phenols is 1. The van der Waals surface area contributed by atoms with Crippen molar-refractivity contribution in [2.75, 3.05) is 7.11 Å². The Morgan fingerprint density at radius 2 is 2.36 bits per heavy atom. The lowest BCUT2D eigenvalue weighted by atomic mass is 9.93. The molecule has 1 aliphatic rings. The molecule has 2 aromatic rings. The number of ether oxygens (including phenoxy) is 1. The van der Waals surface area contributed by atoms with Gasteiger partial charge in [-0.25, -0.2) is 4.98 Å². The summed E-state index contributed by atoms with van der Waals surface area (Å²) in [6.07, 6.45) is 2.17. The van der Waals surface area contributed by atoms with Crippen LogP contribution in [0, 0.1) is 0 Å². The van der Waals surface area contributed by atoms with Crippen molar-refractivity contribution in [3.63, 3.8) is 0 Å². The number of halogens is 1. The van der Waals surface area contributed by atoms with Gasteiger partial charge in [-0.15, -0.1) is 11.3 Å². The van der Waals surface area contributed by atoms with Gasteiger partial charge in [0.05, 0.1) is 19.9 Å². The maximum Gasteiger partial charge on any atom is 0.323 e. The summed E-state index contributed by atoms with van der Waals surface area (Å²) in [6, 6.07) is 4.89. The summed E-state index contributed by atoms with van der Waals surface area (Å²) in [4.78, 5) is 18.3. The predicted molar refractivity (Wildman–Crippen MR) is 84.0 cm³/mol. The van der Waals surface area contributed by atoms with Gasteiger partial charge in [0.25, 0.3) is 0 Å². The van der Waals surface area contributed by atoms with E-state index in [-0.39, 0.29) is 17.8 Å². The molecule has 0 bridgehead atoms. The number of methoxy groups -OCH3 is 1. The third-order valence-electron chi connectivity index (χ3n) is 3.75. The van der Waals surface area contributed by atoms with Crippen LogP contribution in [0.1, 0.15) is 16.1 Å². The van der Waals surface area contributed by atoms with Gasteiger partial charge in [0.2, 0.25) is 0 Å². The minimum absolute atomic E-state index is 0.229. The summed E-state index contributed by atoms with van der Waals surface area (Å²) in [5.74, 6) is -0.0334. The zero-order valence-electron chi connectivity index (χ0n) is 12.0. The summed E-state index contributed by atoms with van der Waals surface area (Å²) in [7, 11) is 1.40. The number of hydrogen-bond donors (Lipinski definition) is 1. The van der Waals surface area contributed by atoms with Gasteiger partial charge in [0, 0.05) is 6.54 Å². The molecular formula is C15H15ClN2O3S. The molecular weight excluding hydrogens is 324 g/mol. The van der Waals surface area contributed by atoms with E-state index in [2.05, 4.69) is 4.98 Å². The fraction of sp³-hybridized carbons (Fsp3) is 0.333. The number of aromatic hydroxyl groups is 1. The standard InChI is InChI=1S/C15H15ClN2O3S/c1-21-15(20)12-5-9-2-3-11(19)4-10(9)7-18(12)8-14-17-6-13(16)22-14/h2-4,6,12,19H,5,7-8H2,1H3. The molecule has 0 aliphatic carbocycles. The Kier molecular flexibility index (Phi) is 4.33. The quantitative estimate of drug-likeness (QED) is 0.872. The van der Waals surface area contributed by atoms with Gasteiger partial charge in [-0.3, -0.25) is 9.69 Å². The van der Waals surface area contributed by atoms with Crippen molar-refractivity contribution in [1.82, 2.24) is 9.88 Å². The maximum atomic E-state index is 12.1. The molecule has 116 valence electrons. The van der Waals surface area contributed by atoms with Crippen LogP contribution < -0.4 is 0 Å². The average Bonchev–Trinajstić information content (AvgIpc) is 2.91. The first-order valence-electron chi connectivity index (χ1n) is 6.79. The summed E-state index contributed by atoms with van der Waals surface area (Å²) in [5.41, 5.74) is 2.07.